The first-order valence-electron chi connectivity index (χ1n) is 11.6. The number of rotatable bonds is 4. The summed E-state index contributed by atoms with van der Waals surface area (Å²) in [7, 11) is 0. The number of aliphatic hydroxyl groups excluding tert-OH is 6. The van der Waals surface area contributed by atoms with Crippen LogP contribution in [0.25, 0.3) is 22.1 Å². The van der Waals surface area contributed by atoms with Crippen LogP contribution < -0.4 is 22.6 Å². The second-order valence-corrected chi connectivity index (χ2v) is 10.5. The molecule has 19 nitrogen and oxygen atoms in total. The van der Waals surface area contributed by atoms with Gasteiger partial charge in [-0.15, -0.1) is 0 Å². The third-order valence-electron chi connectivity index (χ3n) is 6.37. The molecule has 8 atom stereocenters. The molecule has 224 valence electrons. The van der Waals surface area contributed by atoms with Crippen molar-refractivity contribution >= 4 is 57.0 Å². The SMILES string of the molecule is Nc1nc2c([C@@H]3O[C@H](CO)[C@@H](O)[C@H]3O)snc2c(=O)[nH]1.Nc1nc2c([C@@H]3O[C@H](CO)[C@@H](O)[C@H]3O)snc2c(=O)[nH]1.O. The highest BCUT2D eigenvalue weighted by molar-refractivity contribution is 7.07. The summed E-state index contributed by atoms with van der Waals surface area (Å²) in [5.41, 5.74) is 10.6. The number of nitrogens with zero attached hydrogens (tertiary/aromatic N) is 4. The summed E-state index contributed by atoms with van der Waals surface area (Å²) in [6.45, 7) is -0.858. The lowest BCUT2D eigenvalue weighted by molar-refractivity contribution is -0.0215. The summed E-state index contributed by atoms with van der Waals surface area (Å²) < 4.78 is 18.7. The van der Waals surface area contributed by atoms with Crippen molar-refractivity contribution in [3.8, 4) is 0 Å². The Kier molecular flexibility index (Phi) is 8.95. The molecule has 2 fully saturated rings. The molecule has 0 saturated carbocycles. The van der Waals surface area contributed by atoms with Gasteiger partial charge in [-0.25, -0.2) is 9.97 Å². The van der Waals surface area contributed by atoms with Crippen LogP contribution in [-0.4, -0.2) is 115 Å². The van der Waals surface area contributed by atoms with E-state index in [2.05, 4.69) is 28.7 Å². The molecule has 4 aromatic rings. The number of fused-ring (bicyclic) bond motifs is 2. The minimum absolute atomic E-state index is 0. The average Bonchev–Trinajstić information content (AvgIpc) is 3.66. The molecule has 0 unspecified atom stereocenters. The van der Waals surface area contributed by atoms with Crippen LogP contribution in [0.1, 0.15) is 22.0 Å². The van der Waals surface area contributed by atoms with Crippen LogP contribution in [0.5, 0.6) is 0 Å². The lowest BCUT2D eigenvalue weighted by Crippen LogP contribution is -2.32. The van der Waals surface area contributed by atoms with Gasteiger partial charge in [0, 0.05) is 0 Å². The van der Waals surface area contributed by atoms with Crippen LogP contribution in [0.2, 0.25) is 0 Å². The summed E-state index contributed by atoms with van der Waals surface area (Å²) in [5.74, 6) is -0.147. The Morgan fingerprint density at radius 3 is 1.37 bits per heavy atom. The van der Waals surface area contributed by atoms with E-state index >= 15 is 0 Å². The monoisotopic (exact) mass is 618 g/mol. The maximum absolute atomic E-state index is 11.7. The largest absolute Gasteiger partial charge is 0.412 e. The van der Waals surface area contributed by atoms with Crippen LogP contribution >= 0.6 is 23.1 Å². The first-order valence-corrected chi connectivity index (χ1v) is 13.1. The topological polar surface area (TPSA) is 341 Å². The Morgan fingerprint density at radius 2 is 1.05 bits per heavy atom. The van der Waals surface area contributed by atoms with Crippen molar-refractivity contribution in [2.75, 3.05) is 24.7 Å². The van der Waals surface area contributed by atoms with E-state index in [0.717, 1.165) is 23.1 Å². The molecule has 14 N–H and O–H groups in total. The van der Waals surface area contributed by atoms with Gasteiger partial charge in [0.1, 0.15) is 59.9 Å². The van der Waals surface area contributed by atoms with Crippen LogP contribution in [0.4, 0.5) is 11.9 Å². The average molecular weight is 619 g/mol. The summed E-state index contributed by atoms with van der Waals surface area (Å²) in [4.78, 5) is 36.7. The zero-order chi connectivity index (χ0) is 28.9. The summed E-state index contributed by atoms with van der Waals surface area (Å²) >= 11 is 1.87. The number of nitrogens with two attached hydrogens (primary N) is 2. The number of H-pyrrole nitrogens is 2. The molecule has 2 saturated heterocycles. The number of anilines is 2. The molecule has 21 heteroatoms. The van der Waals surface area contributed by atoms with Gasteiger partial charge in [-0.2, -0.15) is 8.75 Å². The highest BCUT2D eigenvalue weighted by Crippen LogP contribution is 2.39. The number of nitrogen functional groups attached to an aromatic ring is 2. The maximum Gasteiger partial charge on any atom is 0.279 e. The Bertz CT molecular complexity index is 1520. The predicted molar refractivity (Wildman–Crippen MR) is 142 cm³/mol. The molecular weight excluding hydrogens is 592 g/mol. The standard InChI is InChI=1S/2C10H12N4O5S.H2O/c2*11-10-12-3-4(9(18)13-10)14-20-8(3)7-6(17)5(16)2(1-15)19-7;/h2*2,5-7,15-17H,1H2,(H3,11,12,13,18);1H2/t2*2-,5-,6-,7-;/m11./s1. The Morgan fingerprint density at radius 1 is 0.683 bits per heavy atom. The molecular formula is C20H26N8O11S2. The van der Waals surface area contributed by atoms with E-state index in [-0.39, 0.29) is 39.4 Å². The summed E-state index contributed by atoms with van der Waals surface area (Å²) in [5, 5.41) is 57.6. The van der Waals surface area contributed by atoms with Crippen LogP contribution in [0, 0.1) is 0 Å². The van der Waals surface area contributed by atoms with Gasteiger partial charge in [-0.1, -0.05) is 0 Å². The predicted octanol–water partition coefficient (Wildman–Crippen LogP) is -4.59. The van der Waals surface area contributed by atoms with Gasteiger partial charge in [-0.05, 0) is 23.1 Å². The third kappa shape index (κ3) is 5.40. The quantitative estimate of drug-likeness (QED) is 0.103. The van der Waals surface area contributed by atoms with Gasteiger partial charge >= 0.3 is 0 Å². The third-order valence-corrected chi connectivity index (χ3v) is 8.16. The molecule has 6 heterocycles. The van der Waals surface area contributed by atoms with Gasteiger partial charge in [0.15, 0.2) is 11.0 Å². The van der Waals surface area contributed by atoms with E-state index in [1.54, 1.807) is 0 Å². The van der Waals surface area contributed by atoms with Crippen LogP contribution in [-0.2, 0) is 9.47 Å². The lowest BCUT2D eigenvalue weighted by Gasteiger charge is -2.12. The first kappa shape index (κ1) is 30.7. The highest BCUT2D eigenvalue weighted by atomic mass is 32.1. The molecule has 4 aromatic heterocycles. The number of aromatic amines is 2. The van der Waals surface area contributed by atoms with Crippen molar-refractivity contribution in [1.29, 1.82) is 0 Å². The Hall–Kier alpha value is -3.22. The number of hydrogen-bond donors (Lipinski definition) is 10. The van der Waals surface area contributed by atoms with Gasteiger partial charge in [0.2, 0.25) is 11.9 Å². The minimum Gasteiger partial charge on any atom is -0.412 e. The number of aliphatic hydroxyl groups is 6. The van der Waals surface area contributed by atoms with E-state index in [0.29, 0.717) is 9.75 Å². The number of ether oxygens (including phenoxy) is 2. The summed E-state index contributed by atoms with van der Waals surface area (Å²) in [6, 6.07) is 0. The maximum atomic E-state index is 11.7. The van der Waals surface area contributed by atoms with E-state index in [9.17, 15) is 30.0 Å². The van der Waals surface area contributed by atoms with Crippen LogP contribution in [0.3, 0.4) is 0 Å². The van der Waals surface area contributed by atoms with Gasteiger partial charge < -0.3 is 57.1 Å². The molecule has 0 radical (unpaired) electrons. The van der Waals surface area contributed by atoms with Crippen molar-refractivity contribution in [3.63, 3.8) is 0 Å². The molecule has 0 spiro atoms. The fraction of sp³-hybridized carbons (Fsp3) is 0.500. The minimum atomic E-state index is -1.24. The van der Waals surface area contributed by atoms with E-state index < -0.39 is 73.2 Å². The van der Waals surface area contributed by atoms with Crippen molar-refractivity contribution in [2.24, 2.45) is 0 Å². The molecule has 41 heavy (non-hydrogen) atoms. The second kappa shape index (κ2) is 11.9. The van der Waals surface area contributed by atoms with Crippen molar-refractivity contribution in [3.05, 3.63) is 30.5 Å². The number of aromatic nitrogens is 6. The van der Waals surface area contributed by atoms with E-state index in [1.165, 1.54) is 0 Å². The molecule has 0 bridgehead atoms. The molecule has 0 aliphatic carbocycles. The van der Waals surface area contributed by atoms with E-state index in [4.69, 9.17) is 31.2 Å². The number of hydrogen-bond acceptors (Lipinski definition) is 18. The summed E-state index contributed by atoms with van der Waals surface area (Å²) in [6.07, 6.45) is -8.53. The zero-order valence-electron chi connectivity index (χ0n) is 20.6. The molecule has 2 aliphatic heterocycles. The molecule has 0 amide bonds. The lowest BCUT2D eigenvalue weighted by atomic mass is 10.1. The fourth-order valence-corrected chi connectivity index (χ4v) is 6.14. The molecule has 6 rings (SSSR count). The normalized spacial score (nSPS) is 29.4. The fourth-order valence-electron chi connectivity index (χ4n) is 4.36. The van der Waals surface area contributed by atoms with Gasteiger partial charge in [0.25, 0.3) is 11.1 Å². The van der Waals surface area contributed by atoms with Crippen molar-refractivity contribution in [1.82, 2.24) is 28.7 Å². The Labute approximate surface area is 235 Å². The van der Waals surface area contributed by atoms with E-state index in [1.807, 2.05) is 0 Å². The van der Waals surface area contributed by atoms with Gasteiger partial charge in [0.05, 0.1) is 23.0 Å². The second-order valence-electron chi connectivity index (χ2n) is 8.91. The smallest absolute Gasteiger partial charge is 0.279 e. The van der Waals surface area contributed by atoms with Crippen molar-refractivity contribution in [2.45, 2.75) is 48.8 Å². The highest BCUT2D eigenvalue weighted by Gasteiger charge is 2.46. The molecule has 0 aromatic carbocycles. The molecule has 2 aliphatic rings. The van der Waals surface area contributed by atoms with Crippen LogP contribution in [0.15, 0.2) is 9.59 Å². The van der Waals surface area contributed by atoms with Crippen molar-refractivity contribution < 1.29 is 45.6 Å². The zero-order valence-corrected chi connectivity index (χ0v) is 22.2. The first-order chi connectivity index (χ1) is 19.0. The van der Waals surface area contributed by atoms with Gasteiger partial charge in [-0.3, -0.25) is 19.6 Å². The number of nitrogens with one attached hydrogen (secondary N) is 2. The Balaban J connectivity index is 0.000000184.